The Kier molecular flexibility index (Phi) is 7.45. The van der Waals surface area contributed by atoms with E-state index in [0.29, 0.717) is 32.2 Å². The van der Waals surface area contributed by atoms with Crippen molar-refractivity contribution in [3.8, 4) is 23.6 Å². The third-order valence-electron chi connectivity index (χ3n) is 3.69. The molecule has 0 radical (unpaired) electrons. The first-order valence-corrected chi connectivity index (χ1v) is 9.13. The second kappa shape index (κ2) is 9.80. The highest BCUT2D eigenvalue weighted by molar-refractivity contribution is 9.10. The van der Waals surface area contributed by atoms with Crippen molar-refractivity contribution in [1.82, 2.24) is 0 Å². The highest BCUT2D eigenvalue weighted by Crippen LogP contribution is 2.34. The molecule has 0 fully saturated rings. The van der Waals surface area contributed by atoms with E-state index in [2.05, 4.69) is 21.2 Å². The van der Waals surface area contributed by atoms with Crippen molar-refractivity contribution in [2.45, 2.75) is 6.92 Å². The molecule has 0 bridgehead atoms. The van der Waals surface area contributed by atoms with E-state index in [4.69, 9.17) is 26.3 Å². The lowest BCUT2D eigenvalue weighted by Gasteiger charge is -2.11. The Morgan fingerprint density at radius 3 is 2.68 bits per heavy atom. The van der Waals surface area contributed by atoms with Crippen molar-refractivity contribution in [3.05, 3.63) is 56.5 Å². The number of nitrogens with one attached hydrogen (secondary N) is 1. The quantitative estimate of drug-likeness (QED) is 0.490. The lowest BCUT2D eigenvalue weighted by Crippen LogP contribution is -2.14. The lowest BCUT2D eigenvalue weighted by atomic mass is 10.1. The van der Waals surface area contributed by atoms with E-state index < -0.39 is 5.91 Å². The molecule has 1 N–H and O–H groups in total. The Morgan fingerprint density at radius 1 is 1.29 bits per heavy atom. The molecule has 0 heterocycles. The molecule has 0 aromatic heterocycles. The van der Waals surface area contributed by atoms with Crippen molar-refractivity contribution in [2.75, 3.05) is 19.0 Å². The standard InChI is InChI=1S/C20H15BrClN3O3/c1-12-3-4-15(22)9-17(12)25-20(26)14(11-24)7-13-8-18(27-2)19(10-16(13)21)28-6-5-23/h3-4,7-10H,6H2,1-2H3,(H,25,26)/b14-7+. The fourth-order valence-corrected chi connectivity index (χ4v) is 2.88. The van der Waals surface area contributed by atoms with Crippen LogP contribution in [-0.4, -0.2) is 19.6 Å². The molecular weight excluding hydrogens is 446 g/mol. The Balaban J connectivity index is 2.35. The van der Waals surface area contributed by atoms with Gasteiger partial charge >= 0.3 is 0 Å². The van der Waals surface area contributed by atoms with Gasteiger partial charge in [0.1, 0.15) is 17.7 Å². The Hall–Kier alpha value is -3.00. The van der Waals surface area contributed by atoms with Crippen LogP contribution in [0, 0.1) is 29.6 Å². The van der Waals surface area contributed by atoms with Gasteiger partial charge in [0.05, 0.1) is 7.11 Å². The van der Waals surface area contributed by atoms with Crippen LogP contribution >= 0.6 is 27.5 Å². The molecule has 0 saturated heterocycles. The van der Waals surface area contributed by atoms with E-state index >= 15 is 0 Å². The topological polar surface area (TPSA) is 95.1 Å². The molecule has 0 atom stereocenters. The molecule has 2 aromatic rings. The summed E-state index contributed by atoms with van der Waals surface area (Å²) in [4.78, 5) is 12.5. The molecule has 0 spiro atoms. The summed E-state index contributed by atoms with van der Waals surface area (Å²) in [7, 11) is 1.45. The van der Waals surface area contributed by atoms with Crippen LogP contribution in [0.1, 0.15) is 11.1 Å². The summed E-state index contributed by atoms with van der Waals surface area (Å²) in [6, 6.07) is 12.1. The van der Waals surface area contributed by atoms with Gasteiger partial charge in [0, 0.05) is 15.2 Å². The maximum atomic E-state index is 12.5. The molecule has 0 aliphatic carbocycles. The number of ether oxygens (including phenoxy) is 2. The minimum absolute atomic E-state index is 0.104. The van der Waals surface area contributed by atoms with Crippen LogP contribution < -0.4 is 14.8 Å². The van der Waals surface area contributed by atoms with Crippen LogP contribution in [0.2, 0.25) is 5.02 Å². The number of nitriles is 2. The van der Waals surface area contributed by atoms with Gasteiger partial charge in [-0.1, -0.05) is 33.6 Å². The van der Waals surface area contributed by atoms with Crippen molar-refractivity contribution >= 4 is 45.2 Å². The van der Waals surface area contributed by atoms with Gasteiger partial charge in [-0.05, 0) is 48.4 Å². The number of hydrogen-bond donors (Lipinski definition) is 1. The number of nitrogens with zero attached hydrogens (tertiary/aromatic N) is 2. The van der Waals surface area contributed by atoms with E-state index in [-0.39, 0.29) is 12.2 Å². The molecule has 0 saturated carbocycles. The first-order valence-electron chi connectivity index (χ1n) is 7.96. The minimum atomic E-state index is -0.566. The third-order valence-corrected chi connectivity index (χ3v) is 4.61. The van der Waals surface area contributed by atoms with E-state index in [9.17, 15) is 10.1 Å². The lowest BCUT2D eigenvalue weighted by molar-refractivity contribution is -0.112. The van der Waals surface area contributed by atoms with Crippen molar-refractivity contribution in [1.29, 1.82) is 10.5 Å². The van der Waals surface area contributed by atoms with Crippen LogP contribution in [0.25, 0.3) is 6.08 Å². The van der Waals surface area contributed by atoms with Crippen LogP contribution in [0.15, 0.2) is 40.4 Å². The zero-order valence-electron chi connectivity index (χ0n) is 15.0. The predicted molar refractivity (Wildman–Crippen MR) is 110 cm³/mol. The van der Waals surface area contributed by atoms with Gasteiger partial charge in [0.2, 0.25) is 0 Å². The highest BCUT2D eigenvalue weighted by atomic mass is 79.9. The number of carbonyl (C=O) groups is 1. The third kappa shape index (κ3) is 5.26. The maximum absolute atomic E-state index is 12.5. The zero-order valence-corrected chi connectivity index (χ0v) is 17.4. The summed E-state index contributed by atoms with van der Waals surface area (Å²) in [5.74, 6) is 0.169. The normalized spacial score (nSPS) is 10.6. The summed E-state index contributed by atoms with van der Waals surface area (Å²) in [5, 5.41) is 21.3. The molecule has 142 valence electrons. The average Bonchev–Trinajstić information content (AvgIpc) is 2.68. The van der Waals surface area contributed by atoms with Crippen molar-refractivity contribution < 1.29 is 14.3 Å². The van der Waals surface area contributed by atoms with Crippen LogP contribution in [0.5, 0.6) is 11.5 Å². The zero-order chi connectivity index (χ0) is 20.7. The van der Waals surface area contributed by atoms with Gasteiger partial charge < -0.3 is 14.8 Å². The number of hydrogen-bond acceptors (Lipinski definition) is 5. The molecule has 0 unspecified atom stereocenters. The van der Waals surface area contributed by atoms with Gasteiger partial charge in [-0.25, -0.2) is 0 Å². The van der Waals surface area contributed by atoms with Crippen LogP contribution in [0.3, 0.4) is 0 Å². The number of halogens is 2. The van der Waals surface area contributed by atoms with Crippen molar-refractivity contribution in [3.63, 3.8) is 0 Å². The average molecular weight is 461 g/mol. The second-order valence-electron chi connectivity index (χ2n) is 5.55. The molecule has 2 aromatic carbocycles. The fourth-order valence-electron chi connectivity index (χ4n) is 2.27. The Bertz CT molecular complexity index is 1020. The molecular formula is C20H15BrClN3O3. The first kappa shape index (κ1) is 21.3. The second-order valence-corrected chi connectivity index (χ2v) is 6.85. The Morgan fingerprint density at radius 2 is 2.04 bits per heavy atom. The summed E-state index contributed by atoms with van der Waals surface area (Å²) in [5.41, 5.74) is 1.77. The molecule has 6 nitrogen and oxygen atoms in total. The van der Waals surface area contributed by atoms with Crippen LogP contribution in [0.4, 0.5) is 5.69 Å². The van der Waals surface area contributed by atoms with Crippen molar-refractivity contribution in [2.24, 2.45) is 0 Å². The fraction of sp³-hybridized carbons (Fsp3) is 0.150. The maximum Gasteiger partial charge on any atom is 0.266 e. The van der Waals surface area contributed by atoms with E-state index in [0.717, 1.165) is 5.56 Å². The van der Waals surface area contributed by atoms with Gasteiger partial charge in [0.15, 0.2) is 18.1 Å². The Labute approximate surface area is 176 Å². The summed E-state index contributed by atoms with van der Waals surface area (Å²) >= 11 is 9.34. The highest BCUT2D eigenvalue weighted by Gasteiger charge is 2.14. The molecule has 28 heavy (non-hydrogen) atoms. The summed E-state index contributed by atoms with van der Waals surface area (Å²) in [6.07, 6.45) is 1.43. The minimum Gasteiger partial charge on any atom is -0.493 e. The SMILES string of the molecule is COc1cc(/C=C(\C#N)C(=O)Nc2cc(Cl)ccc2C)c(Br)cc1OCC#N. The molecule has 0 aliphatic heterocycles. The first-order chi connectivity index (χ1) is 13.4. The molecule has 8 heteroatoms. The van der Waals surface area contributed by atoms with E-state index in [1.807, 2.05) is 19.1 Å². The number of carbonyl (C=O) groups excluding carboxylic acids is 1. The summed E-state index contributed by atoms with van der Waals surface area (Å²) in [6.45, 7) is 1.69. The molecule has 1 amide bonds. The van der Waals surface area contributed by atoms with Gasteiger partial charge in [0.25, 0.3) is 5.91 Å². The number of aryl methyl sites for hydroxylation is 1. The largest absolute Gasteiger partial charge is 0.493 e. The van der Waals surface area contributed by atoms with E-state index in [1.54, 1.807) is 30.3 Å². The smallest absolute Gasteiger partial charge is 0.266 e. The van der Waals surface area contributed by atoms with E-state index in [1.165, 1.54) is 13.2 Å². The molecule has 0 aliphatic rings. The number of anilines is 1. The monoisotopic (exact) mass is 459 g/mol. The number of rotatable bonds is 6. The predicted octanol–water partition coefficient (Wildman–Crippen LogP) is 4.87. The number of amides is 1. The molecule has 2 rings (SSSR count). The van der Waals surface area contributed by atoms with Gasteiger partial charge in [-0.3, -0.25) is 4.79 Å². The van der Waals surface area contributed by atoms with Crippen LogP contribution in [-0.2, 0) is 4.79 Å². The summed E-state index contributed by atoms with van der Waals surface area (Å²) < 4.78 is 11.1. The van der Waals surface area contributed by atoms with Gasteiger partial charge in [-0.15, -0.1) is 0 Å². The number of benzene rings is 2. The number of methoxy groups -OCH3 is 1. The van der Waals surface area contributed by atoms with Gasteiger partial charge in [-0.2, -0.15) is 10.5 Å².